The summed E-state index contributed by atoms with van der Waals surface area (Å²) < 4.78 is 65.5. The molecule has 0 aromatic heterocycles. The third kappa shape index (κ3) is 3.84. The van der Waals surface area contributed by atoms with Gasteiger partial charge in [0.2, 0.25) is 10.0 Å². The number of rotatable bonds is 4. The average Bonchev–Trinajstić information content (AvgIpc) is 2.46. The summed E-state index contributed by atoms with van der Waals surface area (Å²) in [5.41, 5.74) is -1.24. The van der Waals surface area contributed by atoms with Gasteiger partial charge >= 0.3 is 12.1 Å². The Morgan fingerprint density at radius 3 is 2.52 bits per heavy atom. The Kier molecular flexibility index (Phi) is 5.00. The molecule has 1 N–H and O–H groups in total. The highest BCUT2D eigenvalue weighted by molar-refractivity contribution is 7.89. The Bertz CT molecular complexity index is 688. The zero-order chi connectivity index (χ0) is 17.3. The smallest absolute Gasteiger partial charge is 0.417 e. The van der Waals surface area contributed by atoms with Crippen molar-refractivity contribution in [3.8, 4) is 0 Å². The van der Waals surface area contributed by atoms with Crippen molar-refractivity contribution in [2.75, 3.05) is 6.54 Å². The lowest BCUT2D eigenvalue weighted by Gasteiger charge is -2.34. The molecule has 0 bridgehead atoms. The van der Waals surface area contributed by atoms with Crippen molar-refractivity contribution in [1.82, 2.24) is 4.31 Å². The fourth-order valence-corrected chi connectivity index (χ4v) is 4.65. The summed E-state index contributed by atoms with van der Waals surface area (Å²) in [6.07, 6.45) is -3.77. The Balaban J connectivity index is 2.47. The molecular weight excluding hydrogens is 335 g/mol. The first-order chi connectivity index (χ1) is 10.6. The van der Waals surface area contributed by atoms with Crippen LogP contribution >= 0.6 is 0 Å². The van der Waals surface area contributed by atoms with E-state index < -0.39 is 45.1 Å². The van der Waals surface area contributed by atoms with E-state index in [1.165, 1.54) is 6.07 Å². The molecule has 0 saturated carbocycles. The number of piperidine rings is 1. The summed E-state index contributed by atoms with van der Waals surface area (Å²) in [4.78, 5) is 10.1. The average molecular weight is 351 g/mol. The van der Waals surface area contributed by atoms with Crippen LogP contribution in [0.1, 0.15) is 31.2 Å². The monoisotopic (exact) mass is 351 g/mol. The standard InChI is InChI=1S/C14H16F3NO4S/c15-14(16,17)11-6-1-2-7-12(11)23(21,22)18-8-4-3-5-10(18)9-13(19)20/h1-2,6-7,10H,3-5,8-9H2,(H,19,20). The lowest BCUT2D eigenvalue weighted by atomic mass is 10.0. The second-order valence-corrected chi connectivity index (χ2v) is 7.22. The van der Waals surface area contributed by atoms with Crippen molar-refractivity contribution >= 4 is 16.0 Å². The Morgan fingerprint density at radius 1 is 1.26 bits per heavy atom. The zero-order valence-corrected chi connectivity index (χ0v) is 12.9. The first kappa shape index (κ1) is 17.7. The van der Waals surface area contributed by atoms with E-state index in [-0.39, 0.29) is 6.54 Å². The normalized spacial score (nSPS) is 20.4. The molecule has 1 heterocycles. The molecule has 1 saturated heterocycles. The molecule has 1 aliphatic heterocycles. The summed E-state index contributed by atoms with van der Waals surface area (Å²) in [7, 11) is -4.42. The van der Waals surface area contributed by atoms with Gasteiger partial charge in [-0.15, -0.1) is 0 Å². The summed E-state index contributed by atoms with van der Waals surface area (Å²) >= 11 is 0. The summed E-state index contributed by atoms with van der Waals surface area (Å²) in [5.74, 6) is -1.18. The van der Waals surface area contributed by atoms with Gasteiger partial charge in [-0.25, -0.2) is 8.42 Å². The predicted octanol–water partition coefficient (Wildman–Crippen LogP) is 2.72. The molecule has 128 valence electrons. The van der Waals surface area contributed by atoms with E-state index in [1.54, 1.807) is 0 Å². The predicted molar refractivity (Wildman–Crippen MR) is 75.2 cm³/mol. The number of carbonyl (C=O) groups is 1. The van der Waals surface area contributed by atoms with Gasteiger partial charge < -0.3 is 5.11 Å². The van der Waals surface area contributed by atoms with Crippen LogP contribution in [-0.2, 0) is 21.0 Å². The molecule has 0 amide bonds. The van der Waals surface area contributed by atoms with Gasteiger partial charge in [-0.05, 0) is 25.0 Å². The minimum atomic E-state index is -4.80. The third-order valence-corrected chi connectivity index (χ3v) is 5.77. The highest BCUT2D eigenvalue weighted by Gasteiger charge is 2.41. The number of carboxylic acids is 1. The van der Waals surface area contributed by atoms with Crippen LogP contribution in [0.5, 0.6) is 0 Å². The molecule has 1 aromatic rings. The molecule has 1 atom stereocenters. The Labute approximate surface area is 131 Å². The van der Waals surface area contributed by atoms with Crippen LogP contribution in [0, 0.1) is 0 Å². The first-order valence-electron chi connectivity index (χ1n) is 7.04. The fourth-order valence-electron chi connectivity index (χ4n) is 2.75. The summed E-state index contributed by atoms with van der Waals surface area (Å²) in [6, 6.07) is 3.13. The number of hydrogen-bond acceptors (Lipinski definition) is 3. The van der Waals surface area contributed by atoms with E-state index in [0.29, 0.717) is 25.3 Å². The molecule has 0 aliphatic carbocycles. The van der Waals surface area contributed by atoms with Crippen molar-refractivity contribution in [1.29, 1.82) is 0 Å². The van der Waals surface area contributed by atoms with Gasteiger partial charge in [-0.2, -0.15) is 17.5 Å². The van der Waals surface area contributed by atoms with Crippen molar-refractivity contribution < 1.29 is 31.5 Å². The summed E-state index contributed by atoms with van der Waals surface area (Å²) in [6.45, 7) is 0.0203. The van der Waals surface area contributed by atoms with E-state index in [0.717, 1.165) is 16.4 Å². The number of aliphatic carboxylic acids is 1. The van der Waals surface area contributed by atoms with E-state index in [9.17, 15) is 26.4 Å². The van der Waals surface area contributed by atoms with Crippen LogP contribution in [0.15, 0.2) is 29.2 Å². The molecule has 0 radical (unpaired) electrons. The Morgan fingerprint density at radius 2 is 1.91 bits per heavy atom. The number of hydrogen-bond donors (Lipinski definition) is 1. The second kappa shape index (κ2) is 6.48. The number of alkyl halides is 3. The van der Waals surface area contributed by atoms with Gasteiger partial charge in [0.1, 0.15) is 0 Å². The molecule has 1 aromatic carbocycles. The number of sulfonamides is 1. The minimum absolute atomic E-state index is 0.0203. The quantitative estimate of drug-likeness (QED) is 0.905. The lowest BCUT2D eigenvalue weighted by molar-refractivity contribution is -0.140. The number of carboxylic acid groups (broad SMARTS) is 1. The van der Waals surface area contributed by atoms with E-state index >= 15 is 0 Å². The number of nitrogens with zero attached hydrogens (tertiary/aromatic N) is 1. The van der Waals surface area contributed by atoms with Gasteiger partial charge in [0.05, 0.1) is 16.9 Å². The van der Waals surface area contributed by atoms with Crippen LogP contribution in [0.25, 0.3) is 0 Å². The zero-order valence-electron chi connectivity index (χ0n) is 12.1. The van der Waals surface area contributed by atoms with Crippen LogP contribution in [0.2, 0.25) is 0 Å². The van der Waals surface area contributed by atoms with Crippen molar-refractivity contribution in [3.05, 3.63) is 29.8 Å². The Hall–Kier alpha value is -1.61. The van der Waals surface area contributed by atoms with Crippen molar-refractivity contribution in [2.24, 2.45) is 0 Å². The molecular formula is C14H16F3NO4S. The van der Waals surface area contributed by atoms with Crippen molar-refractivity contribution in [3.63, 3.8) is 0 Å². The van der Waals surface area contributed by atoms with Gasteiger partial charge in [0, 0.05) is 12.6 Å². The largest absolute Gasteiger partial charge is 0.481 e. The van der Waals surface area contributed by atoms with Crippen LogP contribution in [-0.4, -0.2) is 36.4 Å². The van der Waals surface area contributed by atoms with Crippen LogP contribution in [0.3, 0.4) is 0 Å². The van der Waals surface area contributed by atoms with E-state index in [2.05, 4.69) is 0 Å². The topological polar surface area (TPSA) is 74.7 Å². The molecule has 23 heavy (non-hydrogen) atoms. The molecule has 1 unspecified atom stereocenters. The number of halogens is 3. The lowest BCUT2D eigenvalue weighted by Crippen LogP contribution is -2.45. The highest BCUT2D eigenvalue weighted by atomic mass is 32.2. The van der Waals surface area contributed by atoms with Gasteiger partial charge in [0.15, 0.2) is 0 Å². The molecule has 9 heteroatoms. The molecule has 5 nitrogen and oxygen atoms in total. The maximum Gasteiger partial charge on any atom is 0.417 e. The maximum absolute atomic E-state index is 13.1. The molecule has 1 aliphatic rings. The van der Waals surface area contributed by atoms with E-state index in [1.807, 2.05) is 0 Å². The minimum Gasteiger partial charge on any atom is -0.481 e. The molecule has 0 spiro atoms. The second-order valence-electron chi connectivity index (χ2n) is 5.36. The first-order valence-corrected chi connectivity index (χ1v) is 8.48. The summed E-state index contributed by atoms with van der Waals surface area (Å²) in [5, 5.41) is 8.90. The fraction of sp³-hybridized carbons (Fsp3) is 0.500. The van der Waals surface area contributed by atoms with Gasteiger partial charge in [0.25, 0.3) is 0 Å². The van der Waals surface area contributed by atoms with E-state index in [4.69, 9.17) is 5.11 Å². The molecule has 1 fully saturated rings. The highest BCUT2D eigenvalue weighted by Crippen LogP contribution is 2.36. The van der Waals surface area contributed by atoms with Crippen molar-refractivity contribution in [2.45, 2.75) is 42.8 Å². The van der Waals surface area contributed by atoms with Gasteiger partial charge in [-0.1, -0.05) is 18.6 Å². The molecule has 2 rings (SSSR count). The van der Waals surface area contributed by atoms with Crippen LogP contribution in [0.4, 0.5) is 13.2 Å². The maximum atomic E-state index is 13.1. The number of benzene rings is 1. The third-order valence-electron chi connectivity index (χ3n) is 3.76. The SMILES string of the molecule is O=C(O)CC1CCCCN1S(=O)(=O)c1ccccc1C(F)(F)F. The van der Waals surface area contributed by atoms with Crippen LogP contribution < -0.4 is 0 Å². The van der Waals surface area contributed by atoms with Gasteiger partial charge in [-0.3, -0.25) is 4.79 Å².